The summed E-state index contributed by atoms with van der Waals surface area (Å²) in [5, 5.41) is 0. The van der Waals surface area contributed by atoms with Gasteiger partial charge in [0.2, 0.25) is 0 Å². The van der Waals surface area contributed by atoms with E-state index in [4.69, 9.17) is 0 Å². The van der Waals surface area contributed by atoms with Gasteiger partial charge in [-0.15, -0.1) is 0 Å². The summed E-state index contributed by atoms with van der Waals surface area (Å²) in [6.45, 7) is 1.98. The first-order chi connectivity index (χ1) is 10.7. The molecular weight excluding hydrogens is 466 g/mol. The van der Waals surface area contributed by atoms with Gasteiger partial charge in [-0.1, -0.05) is 39.0 Å². The van der Waals surface area contributed by atoms with Crippen molar-refractivity contribution < 1.29 is 39.5 Å². The van der Waals surface area contributed by atoms with Crippen molar-refractivity contribution in [3.05, 3.63) is 9.66 Å². The molecule has 1 atom stereocenters. The fourth-order valence-electron chi connectivity index (χ4n) is 1.92. The fourth-order valence-corrected chi connectivity index (χ4v) is 2.73. The largest absolute Gasteiger partial charge is 0.457 e. The van der Waals surface area contributed by atoms with E-state index >= 15 is 0 Å². The molecule has 0 amide bonds. The third kappa shape index (κ3) is 5.98. The van der Waals surface area contributed by atoms with Gasteiger partial charge in [-0.2, -0.15) is 35.1 Å². The number of rotatable bonds is 9. The molecule has 0 aliphatic rings. The Bertz CT molecular complexity index is 411. The zero-order valence-corrected chi connectivity index (χ0v) is 15.0. The van der Waals surface area contributed by atoms with Crippen LogP contribution in [0.2, 0.25) is 0 Å². The lowest BCUT2D eigenvalue weighted by molar-refractivity contribution is -0.369. The quantitative estimate of drug-likeness (QED) is 0.180. The fraction of sp³-hybridized carbons (Fsp3) is 0.857. The van der Waals surface area contributed by atoms with Gasteiger partial charge in [-0.25, -0.2) is 4.39 Å². The molecule has 0 fully saturated rings. The lowest BCUT2D eigenvalue weighted by atomic mass is 9.94. The second kappa shape index (κ2) is 8.98. The Morgan fingerprint density at radius 2 is 1.21 bits per heavy atom. The van der Waals surface area contributed by atoms with Crippen molar-refractivity contribution in [2.45, 2.75) is 75.8 Å². The average molecular weight is 484 g/mol. The smallest absolute Gasteiger partial charge is 0.222 e. The maximum Gasteiger partial charge on any atom is 0.457 e. The first-order valence-corrected chi connectivity index (χ1v) is 8.36. The van der Waals surface area contributed by atoms with Crippen LogP contribution in [-0.4, -0.2) is 23.9 Å². The van der Waals surface area contributed by atoms with E-state index in [2.05, 4.69) is 0 Å². The second-order valence-corrected chi connectivity index (χ2v) is 6.78. The van der Waals surface area contributed by atoms with Gasteiger partial charge in [0.05, 0.1) is 0 Å². The van der Waals surface area contributed by atoms with E-state index in [9.17, 15) is 39.5 Å². The van der Waals surface area contributed by atoms with Crippen molar-refractivity contribution in [1.82, 2.24) is 0 Å². The lowest BCUT2D eigenvalue weighted by Gasteiger charge is -2.34. The molecule has 0 nitrogen and oxygen atoms in total. The molecule has 0 spiro atoms. The van der Waals surface area contributed by atoms with Crippen molar-refractivity contribution in [1.29, 1.82) is 0 Å². The summed E-state index contributed by atoms with van der Waals surface area (Å²) in [7, 11) is 0. The van der Waals surface area contributed by atoms with Gasteiger partial charge in [-0.3, -0.25) is 0 Å². The van der Waals surface area contributed by atoms with Crippen LogP contribution in [0.25, 0.3) is 0 Å². The Morgan fingerprint density at radius 1 is 0.750 bits per heavy atom. The summed E-state index contributed by atoms with van der Waals surface area (Å²) in [5.41, 5.74) is -5.79. The van der Waals surface area contributed by atoms with Gasteiger partial charge >= 0.3 is 18.3 Å². The highest BCUT2D eigenvalue weighted by Gasteiger charge is 2.80. The number of unbranched alkanes of at least 4 members (excludes halogenated alkanes) is 5. The molecule has 0 heterocycles. The average Bonchev–Trinajstić information content (AvgIpc) is 2.39. The van der Waals surface area contributed by atoms with Gasteiger partial charge in [0, 0.05) is 0 Å². The van der Waals surface area contributed by atoms with E-state index < -0.39 is 33.6 Å². The van der Waals surface area contributed by atoms with Crippen molar-refractivity contribution in [2.75, 3.05) is 0 Å². The maximum absolute atomic E-state index is 13.8. The molecule has 10 heteroatoms. The van der Waals surface area contributed by atoms with Crippen molar-refractivity contribution >= 4 is 22.6 Å². The Labute approximate surface area is 148 Å². The van der Waals surface area contributed by atoms with Crippen LogP contribution in [0.3, 0.4) is 0 Å². The molecule has 144 valence electrons. The standard InChI is InChI=1S/C14H18F9I/c1-2-3-4-5-6-7-8-10(24)9-11(15,13(18,19)20)12(16,17)14(21,22)23/h9H,2-8H2,1H3. The Morgan fingerprint density at radius 3 is 1.62 bits per heavy atom. The van der Waals surface area contributed by atoms with Crippen LogP contribution in [0.15, 0.2) is 9.66 Å². The van der Waals surface area contributed by atoms with E-state index in [1.165, 1.54) is 0 Å². The van der Waals surface area contributed by atoms with Gasteiger partial charge < -0.3 is 0 Å². The molecule has 0 saturated carbocycles. The normalized spacial score (nSPS) is 17.0. The minimum absolute atomic E-state index is 0.192. The molecule has 0 saturated heterocycles. The predicted octanol–water partition coefficient (Wildman–Crippen LogP) is 7.52. The monoisotopic (exact) mass is 484 g/mol. The highest BCUT2D eigenvalue weighted by atomic mass is 127. The molecule has 0 radical (unpaired) electrons. The number of hydrogen-bond donors (Lipinski definition) is 0. The summed E-state index contributed by atoms with van der Waals surface area (Å²) < 4.78 is 114. The van der Waals surface area contributed by atoms with Gasteiger partial charge in [0.15, 0.2) is 0 Å². The number of hydrogen-bond acceptors (Lipinski definition) is 0. The number of allylic oxidation sites excluding steroid dienone is 2. The molecule has 0 bridgehead atoms. The number of halogens is 10. The van der Waals surface area contributed by atoms with E-state index in [1.54, 1.807) is 0 Å². The van der Waals surface area contributed by atoms with E-state index in [0.29, 0.717) is 6.42 Å². The van der Waals surface area contributed by atoms with E-state index in [1.807, 2.05) is 6.92 Å². The maximum atomic E-state index is 13.8. The molecule has 0 aliphatic carbocycles. The summed E-state index contributed by atoms with van der Waals surface area (Å²) in [5.74, 6) is -6.57. The second-order valence-electron chi connectivity index (χ2n) is 5.39. The highest BCUT2D eigenvalue weighted by Crippen LogP contribution is 2.54. The summed E-state index contributed by atoms with van der Waals surface area (Å²) in [6, 6.07) is 0. The Balaban J connectivity index is 5.16. The van der Waals surface area contributed by atoms with Crippen LogP contribution >= 0.6 is 22.6 Å². The van der Waals surface area contributed by atoms with Crippen LogP contribution in [0.4, 0.5) is 39.5 Å². The zero-order chi connectivity index (χ0) is 19.2. The van der Waals surface area contributed by atoms with E-state index in [0.717, 1.165) is 48.3 Å². The summed E-state index contributed by atoms with van der Waals surface area (Å²) in [4.78, 5) is 0. The molecule has 0 aromatic rings. The topological polar surface area (TPSA) is 0 Å². The minimum atomic E-state index is -6.66. The highest BCUT2D eigenvalue weighted by molar-refractivity contribution is 14.1. The molecule has 0 aromatic carbocycles. The SMILES string of the molecule is CCCCCCCCC(I)=CC(F)(C(F)(F)F)C(F)(F)C(F)(F)F. The minimum Gasteiger partial charge on any atom is -0.222 e. The van der Waals surface area contributed by atoms with Gasteiger partial charge in [-0.05, 0) is 45.1 Å². The Kier molecular flexibility index (Phi) is 8.92. The van der Waals surface area contributed by atoms with Crippen LogP contribution in [-0.2, 0) is 0 Å². The van der Waals surface area contributed by atoms with Gasteiger partial charge in [0.1, 0.15) is 0 Å². The van der Waals surface area contributed by atoms with Crippen LogP contribution in [0.5, 0.6) is 0 Å². The van der Waals surface area contributed by atoms with Crippen LogP contribution < -0.4 is 0 Å². The predicted molar refractivity (Wildman–Crippen MR) is 81.0 cm³/mol. The molecule has 0 rings (SSSR count). The van der Waals surface area contributed by atoms with Crippen molar-refractivity contribution in [3.63, 3.8) is 0 Å². The molecule has 0 N–H and O–H groups in total. The lowest BCUT2D eigenvalue weighted by Crippen LogP contribution is -2.61. The molecule has 0 aromatic heterocycles. The molecule has 0 aliphatic heterocycles. The Hall–Kier alpha value is -0.160. The van der Waals surface area contributed by atoms with Crippen molar-refractivity contribution in [3.8, 4) is 0 Å². The van der Waals surface area contributed by atoms with E-state index in [-0.39, 0.29) is 12.8 Å². The summed E-state index contributed by atoms with van der Waals surface area (Å²) in [6.07, 6.45) is -9.46. The molecular formula is C14H18F9I. The van der Waals surface area contributed by atoms with Gasteiger partial charge in [0.25, 0.3) is 5.67 Å². The van der Waals surface area contributed by atoms with Crippen molar-refractivity contribution in [2.24, 2.45) is 0 Å². The van der Waals surface area contributed by atoms with Crippen LogP contribution in [0, 0.1) is 0 Å². The molecule has 24 heavy (non-hydrogen) atoms. The first kappa shape index (κ1) is 23.8. The number of alkyl halides is 9. The zero-order valence-electron chi connectivity index (χ0n) is 12.8. The first-order valence-electron chi connectivity index (χ1n) is 7.28. The van der Waals surface area contributed by atoms with Crippen LogP contribution in [0.1, 0.15) is 51.9 Å². The third-order valence-electron chi connectivity index (χ3n) is 3.35. The third-order valence-corrected chi connectivity index (χ3v) is 4.20. The summed E-state index contributed by atoms with van der Waals surface area (Å²) >= 11 is 1.16. The molecule has 1 unspecified atom stereocenters.